The van der Waals surface area contributed by atoms with Crippen LogP contribution in [-0.4, -0.2) is 26.3 Å². The van der Waals surface area contributed by atoms with Crippen LogP contribution in [0.3, 0.4) is 0 Å². The second kappa shape index (κ2) is 10.1. The number of aryl methyl sites for hydroxylation is 3. The quantitative estimate of drug-likeness (QED) is 0.448. The third-order valence-electron chi connectivity index (χ3n) is 5.96. The van der Waals surface area contributed by atoms with Gasteiger partial charge in [0, 0.05) is 6.54 Å². The molecule has 3 aromatic rings. The zero-order chi connectivity index (χ0) is 26.2. The lowest BCUT2D eigenvalue weighted by atomic mass is 10.1. The number of anilines is 2. The number of hydrogen-bond acceptors (Lipinski definition) is 4. The van der Waals surface area contributed by atoms with E-state index < -0.39 is 27.9 Å². The Morgan fingerprint density at radius 3 is 2.33 bits per heavy atom. The van der Waals surface area contributed by atoms with Crippen LogP contribution >= 0.6 is 23.2 Å². The molecule has 1 atom stereocenters. The first-order valence-corrected chi connectivity index (χ1v) is 13.4. The molecule has 4 rings (SSSR count). The van der Waals surface area contributed by atoms with Gasteiger partial charge in [0.25, 0.3) is 10.0 Å². The smallest absolute Gasteiger partial charge is 0.265 e. The Hall–Kier alpha value is -3.07. The Morgan fingerprint density at radius 2 is 1.67 bits per heavy atom. The van der Waals surface area contributed by atoms with Crippen molar-refractivity contribution >= 4 is 56.4 Å². The van der Waals surface area contributed by atoms with Crippen molar-refractivity contribution in [1.29, 1.82) is 0 Å². The van der Waals surface area contributed by atoms with Crippen LogP contribution in [0.4, 0.5) is 11.4 Å². The molecule has 0 bridgehead atoms. The van der Waals surface area contributed by atoms with E-state index in [9.17, 15) is 18.0 Å². The van der Waals surface area contributed by atoms with Crippen molar-refractivity contribution in [2.45, 2.75) is 44.7 Å². The molecule has 0 fully saturated rings. The number of rotatable bonds is 6. The second-order valence-corrected chi connectivity index (χ2v) is 11.3. The third-order valence-corrected chi connectivity index (χ3v) is 8.83. The molecule has 1 unspecified atom stereocenters. The first-order chi connectivity index (χ1) is 17.0. The monoisotopic (exact) mass is 545 g/mol. The minimum atomic E-state index is -4.20. The van der Waals surface area contributed by atoms with Gasteiger partial charge in [-0.1, -0.05) is 59.1 Å². The highest BCUT2D eigenvalue weighted by molar-refractivity contribution is 7.93. The summed E-state index contributed by atoms with van der Waals surface area (Å²) in [7, 11) is -4.20. The van der Waals surface area contributed by atoms with E-state index in [1.54, 1.807) is 68.4 Å². The number of para-hydroxylation sites is 2. The van der Waals surface area contributed by atoms with Crippen molar-refractivity contribution in [3.05, 3.63) is 86.9 Å². The van der Waals surface area contributed by atoms with Crippen LogP contribution in [-0.2, 0) is 26.2 Å². The molecule has 3 aromatic carbocycles. The van der Waals surface area contributed by atoms with E-state index in [0.29, 0.717) is 38.1 Å². The summed E-state index contributed by atoms with van der Waals surface area (Å²) >= 11 is 12.0. The maximum atomic E-state index is 14.1. The van der Waals surface area contributed by atoms with Crippen molar-refractivity contribution in [3.8, 4) is 0 Å². The first-order valence-electron chi connectivity index (χ1n) is 11.2. The molecule has 7 nitrogen and oxygen atoms in total. The van der Waals surface area contributed by atoms with Gasteiger partial charge in [-0.05, 0) is 61.7 Å². The predicted molar refractivity (Wildman–Crippen MR) is 142 cm³/mol. The first kappa shape index (κ1) is 26.0. The molecule has 1 aliphatic rings. The molecule has 36 heavy (non-hydrogen) atoms. The lowest BCUT2D eigenvalue weighted by molar-refractivity contribution is -0.125. The van der Waals surface area contributed by atoms with Gasteiger partial charge in [0.1, 0.15) is 6.04 Å². The molecule has 0 aliphatic carbocycles. The van der Waals surface area contributed by atoms with Crippen LogP contribution in [0.25, 0.3) is 0 Å². The van der Waals surface area contributed by atoms with Crippen LogP contribution in [0.2, 0.25) is 10.0 Å². The summed E-state index contributed by atoms with van der Waals surface area (Å²) in [5.41, 5.74) is 3.45. The van der Waals surface area contributed by atoms with E-state index in [1.807, 2.05) is 6.92 Å². The molecule has 0 saturated carbocycles. The van der Waals surface area contributed by atoms with Crippen LogP contribution in [0.1, 0.15) is 28.7 Å². The molecule has 0 aromatic heterocycles. The lowest BCUT2D eigenvalue weighted by Gasteiger charge is -2.37. The molecule has 188 valence electrons. The summed E-state index contributed by atoms with van der Waals surface area (Å²) in [4.78, 5) is 26.2. The summed E-state index contributed by atoms with van der Waals surface area (Å²) in [5, 5.41) is 6.22. The fourth-order valence-electron chi connectivity index (χ4n) is 4.50. The van der Waals surface area contributed by atoms with Crippen molar-refractivity contribution < 1.29 is 18.0 Å². The molecular formula is C26H25Cl2N3O4S. The number of amides is 2. The van der Waals surface area contributed by atoms with Crippen molar-refractivity contribution in [1.82, 2.24) is 5.32 Å². The lowest BCUT2D eigenvalue weighted by Crippen LogP contribution is -2.53. The zero-order valence-electron chi connectivity index (χ0n) is 19.9. The Balaban J connectivity index is 1.69. The average Bonchev–Trinajstić information content (AvgIpc) is 2.79. The number of carbonyl (C=O) groups excluding carboxylic acids is 2. The van der Waals surface area contributed by atoms with Crippen LogP contribution in [0, 0.1) is 20.8 Å². The van der Waals surface area contributed by atoms with Gasteiger partial charge in [0.2, 0.25) is 11.8 Å². The molecule has 10 heteroatoms. The maximum Gasteiger partial charge on any atom is 0.265 e. The van der Waals surface area contributed by atoms with Gasteiger partial charge in [-0.15, -0.1) is 0 Å². The van der Waals surface area contributed by atoms with E-state index >= 15 is 0 Å². The molecule has 0 radical (unpaired) electrons. The number of benzene rings is 3. The number of nitrogens with one attached hydrogen (secondary N) is 2. The second-order valence-electron chi connectivity index (χ2n) is 8.78. The van der Waals surface area contributed by atoms with E-state index in [1.165, 1.54) is 0 Å². The Bertz CT molecular complexity index is 1450. The van der Waals surface area contributed by atoms with E-state index in [2.05, 4.69) is 10.6 Å². The van der Waals surface area contributed by atoms with Crippen molar-refractivity contribution in [2.75, 3.05) is 9.62 Å². The number of carbonyl (C=O) groups is 2. The average molecular weight is 546 g/mol. The molecule has 1 heterocycles. The highest BCUT2D eigenvalue weighted by Crippen LogP contribution is 2.38. The largest absolute Gasteiger partial charge is 0.352 e. The standard InChI is InChI=1S/C26H25Cl2N3O4S/c1-15-10-16(2)25(17(3)11-15)36(34,35)31-22-7-5-4-6-21(22)30-26(33)23(31)13-24(32)29-14-18-8-9-19(27)20(28)12-18/h4-12,23H,13-14H2,1-3H3,(H,29,32)(H,30,33). The summed E-state index contributed by atoms with van der Waals surface area (Å²) in [6, 6.07) is 13.9. The van der Waals surface area contributed by atoms with Gasteiger partial charge in [-0.25, -0.2) is 8.42 Å². The highest BCUT2D eigenvalue weighted by Gasteiger charge is 2.42. The van der Waals surface area contributed by atoms with Crippen molar-refractivity contribution in [3.63, 3.8) is 0 Å². The SMILES string of the molecule is Cc1cc(C)c(S(=O)(=O)N2c3ccccc3NC(=O)C2CC(=O)NCc2ccc(Cl)c(Cl)c2)c(C)c1. The van der Waals surface area contributed by atoms with Gasteiger partial charge in [-0.3, -0.25) is 13.9 Å². The van der Waals surface area contributed by atoms with Crippen LogP contribution in [0.15, 0.2) is 59.5 Å². The molecule has 0 spiro atoms. The Morgan fingerprint density at radius 1 is 1.00 bits per heavy atom. The molecule has 2 N–H and O–H groups in total. The number of nitrogens with zero attached hydrogens (tertiary/aromatic N) is 1. The topological polar surface area (TPSA) is 95.6 Å². The third kappa shape index (κ3) is 5.07. The summed E-state index contributed by atoms with van der Waals surface area (Å²) in [5.74, 6) is -1.07. The fourth-order valence-corrected chi connectivity index (χ4v) is 6.88. The molecule has 1 aliphatic heterocycles. The number of hydrogen-bond donors (Lipinski definition) is 2. The summed E-state index contributed by atoms with van der Waals surface area (Å²) in [6.45, 7) is 5.48. The minimum absolute atomic E-state index is 0.124. The molecule has 0 saturated heterocycles. The van der Waals surface area contributed by atoms with Crippen molar-refractivity contribution in [2.24, 2.45) is 0 Å². The zero-order valence-corrected chi connectivity index (χ0v) is 22.3. The fraction of sp³-hybridized carbons (Fsp3) is 0.231. The van der Waals surface area contributed by atoms with Gasteiger partial charge in [-0.2, -0.15) is 0 Å². The van der Waals surface area contributed by atoms with Gasteiger partial charge in [0.05, 0.1) is 32.7 Å². The highest BCUT2D eigenvalue weighted by atomic mass is 35.5. The Kier molecular flexibility index (Phi) is 7.31. The predicted octanol–water partition coefficient (Wildman–Crippen LogP) is 5.14. The number of fused-ring (bicyclic) bond motifs is 1. The number of halogens is 2. The number of sulfonamides is 1. The summed E-state index contributed by atoms with van der Waals surface area (Å²) < 4.78 is 29.2. The van der Waals surface area contributed by atoms with Gasteiger partial charge >= 0.3 is 0 Å². The molecular weight excluding hydrogens is 521 g/mol. The van der Waals surface area contributed by atoms with Gasteiger partial charge in [0.15, 0.2) is 0 Å². The van der Waals surface area contributed by atoms with Crippen LogP contribution in [0.5, 0.6) is 0 Å². The van der Waals surface area contributed by atoms with Crippen LogP contribution < -0.4 is 14.9 Å². The van der Waals surface area contributed by atoms with E-state index in [0.717, 1.165) is 9.87 Å². The maximum absolute atomic E-state index is 14.1. The molecule has 2 amide bonds. The Labute approximate surface area is 220 Å². The van der Waals surface area contributed by atoms with E-state index in [-0.39, 0.29) is 17.9 Å². The summed E-state index contributed by atoms with van der Waals surface area (Å²) in [6.07, 6.45) is -0.370. The normalized spacial score (nSPS) is 15.3. The minimum Gasteiger partial charge on any atom is -0.352 e. The van der Waals surface area contributed by atoms with E-state index in [4.69, 9.17) is 23.2 Å². The van der Waals surface area contributed by atoms with Gasteiger partial charge < -0.3 is 10.6 Å².